The number of amides is 3. The summed E-state index contributed by atoms with van der Waals surface area (Å²) in [7, 11) is 3.09. The Labute approximate surface area is 199 Å². The molecule has 1 saturated heterocycles. The van der Waals surface area contributed by atoms with E-state index in [1.165, 1.54) is 42.7 Å². The molecule has 1 atom stereocenters. The number of carbonyl (C=O) groups is 2. The molecule has 1 aliphatic heterocycles. The maximum atomic E-state index is 13.1. The van der Waals surface area contributed by atoms with Gasteiger partial charge in [0.2, 0.25) is 5.01 Å². The van der Waals surface area contributed by atoms with Gasteiger partial charge < -0.3 is 25.0 Å². The van der Waals surface area contributed by atoms with Crippen molar-refractivity contribution in [2.45, 2.75) is 18.8 Å². The molecule has 4 rings (SSSR count). The third kappa shape index (κ3) is 5.42. The van der Waals surface area contributed by atoms with Crippen molar-refractivity contribution in [3.63, 3.8) is 0 Å². The number of methoxy groups -OCH3 is 2. The summed E-state index contributed by atoms with van der Waals surface area (Å²) in [6.45, 7) is 1.07. The van der Waals surface area contributed by atoms with Crippen molar-refractivity contribution < 1.29 is 23.5 Å². The summed E-state index contributed by atoms with van der Waals surface area (Å²) in [6.07, 6.45) is 1.64. The number of anilines is 2. The Bertz CT molecular complexity index is 1170. The molecule has 1 fully saturated rings. The number of benzene rings is 2. The highest BCUT2D eigenvalue weighted by molar-refractivity contribution is 7.13. The molecule has 0 unspecified atom stereocenters. The number of urea groups is 1. The molecule has 34 heavy (non-hydrogen) atoms. The van der Waals surface area contributed by atoms with Crippen molar-refractivity contribution in [2.75, 3.05) is 37.9 Å². The molecule has 178 valence electrons. The summed E-state index contributed by atoms with van der Waals surface area (Å²) in [5, 5.41) is 14.7. The van der Waals surface area contributed by atoms with Crippen molar-refractivity contribution in [1.29, 1.82) is 0 Å². The lowest BCUT2D eigenvalue weighted by atomic mass is 9.99. The number of aromatic nitrogens is 2. The van der Waals surface area contributed by atoms with Crippen LogP contribution in [0.1, 0.15) is 33.6 Å². The molecule has 0 spiro atoms. The Hall–Kier alpha value is -3.73. The smallest absolute Gasteiger partial charge is 0.321 e. The van der Waals surface area contributed by atoms with Gasteiger partial charge in [-0.3, -0.25) is 4.79 Å². The average Bonchev–Trinajstić information content (AvgIpc) is 3.36. The van der Waals surface area contributed by atoms with E-state index in [2.05, 4.69) is 20.8 Å². The quantitative estimate of drug-likeness (QED) is 0.538. The summed E-state index contributed by atoms with van der Waals surface area (Å²) in [4.78, 5) is 27.1. The third-order valence-electron chi connectivity index (χ3n) is 5.45. The number of hydrogen-bond acceptors (Lipinski definition) is 7. The highest BCUT2D eigenvalue weighted by Gasteiger charge is 2.28. The van der Waals surface area contributed by atoms with Crippen LogP contribution >= 0.6 is 11.3 Å². The molecule has 2 aromatic carbocycles. The van der Waals surface area contributed by atoms with Gasteiger partial charge in [0.1, 0.15) is 22.3 Å². The van der Waals surface area contributed by atoms with Gasteiger partial charge in [0, 0.05) is 30.8 Å². The lowest BCUT2D eigenvalue weighted by Crippen LogP contribution is -2.41. The van der Waals surface area contributed by atoms with Crippen LogP contribution in [0.3, 0.4) is 0 Å². The number of rotatable bonds is 6. The van der Waals surface area contributed by atoms with Crippen LogP contribution in [0, 0.1) is 5.82 Å². The summed E-state index contributed by atoms with van der Waals surface area (Å²) in [5.74, 6) is 0.313. The van der Waals surface area contributed by atoms with Crippen LogP contribution < -0.4 is 20.1 Å². The minimum atomic E-state index is -0.410. The molecule has 3 aromatic rings. The van der Waals surface area contributed by atoms with Crippen molar-refractivity contribution in [3.05, 3.63) is 58.3 Å². The predicted molar refractivity (Wildman–Crippen MR) is 126 cm³/mol. The van der Waals surface area contributed by atoms with Crippen LogP contribution in [-0.2, 0) is 0 Å². The van der Waals surface area contributed by atoms with E-state index in [4.69, 9.17) is 9.47 Å². The second-order valence-corrected chi connectivity index (χ2v) is 8.70. The van der Waals surface area contributed by atoms with Crippen LogP contribution in [0.25, 0.3) is 0 Å². The minimum absolute atomic E-state index is 0.0258. The van der Waals surface area contributed by atoms with Gasteiger partial charge in [-0.2, -0.15) is 0 Å². The van der Waals surface area contributed by atoms with Crippen LogP contribution in [0.2, 0.25) is 0 Å². The lowest BCUT2D eigenvalue weighted by Gasteiger charge is -2.31. The SMILES string of the molecule is COc1ccc(NC(=O)N2CCC[C@H](c3nnc(C(=O)Nc4ccc(F)cc4)s3)C2)c(OC)c1. The first-order chi connectivity index (χ1) is 16.5. The second-order valence-electron chi connectivity index (χ2n) is 7.69. The van der Waals surface area contributed by atoms with E-state index in [-0.39, 0.29) is 22.8 Å². The monoisotopic (exact) mass is 485 g/mol. The van der Waals surface area contributed by atoms with Gasteiger partial charge in [-0.1, -0.05) is 11.3 Å². The zero-order valence-electron chi connectivity index (χ0n) is 18.7. The number of likely N-dealkylation sites (tertiary alicyclic amines) is 1. The van der Waals surface area contributed by atoms with E-state index in [1.54, 1.807) is 30.2 Å². The molecule has 2 heterocycles. The number of piperidine rings is 1. The van der Waals surface area contributed by atoms with Gasteiger partial charge in [0.05, 0.1) is 19.9 Å². The number of hydrogen-bond donors (Lipinski definition) is 2. The zero-order valence-corrected chi connectivity index (χ0v) is 19.5. The number of nitrogens with one attached hydrogen (secondary N) is 2. The van der Waals surface area contributed by atoms with Crippen LogP contribution in [-0.4, -0.2) is 54.3 Å². The number of halogens is 1. The summed E-state index contributed by atoms with van der Waals surface area (Å²) >= 11 is 1.20. The second kappa shape index (κ2) is 10.5. The van der Waals surface area contributed by atoms with E-state index in [1.807, 2.05) is 0 Å². The predicted octanol–water partition coefficient (Wildman–Crippen LogP) is 4.36. The zero-order chi connectivity index (χ0) is 24.1. The van der Waals surface area contributed by atoms with Gasteiger partial charge in [0.25, 0.3) is 5.91 Å². The maximum Gasteiger partial charge on any atom is 0.321 e. The Balaban J connectivity index is 1.39. The molecule has 3 amide bonds. The van der Waals surface area contributed by atoms with E-state index in [0.29, 0.717) is 41.0 Å². The highest BCUT2D eigenvalue weighted by Crippen LogP contribution is 2.32. The molecule has 0 bridgehead atoms. The molecule has 2 N–H and O–H groups in total. The Morgan fingerprint density at radius 3 is 2.62 bits per heavy atom. The Morgan fingerprint density at radius 2 is 1.88 bits per heavy atom. The fourth-order valence-corrected chi connectivity index (χ4v) is 4.53. The van der Waals surface area contributed by atoms with Crippen molar-refractivity contribution >= 4 is 34.6 Å². The fraction of sp³-hybridized carbons (Fsp3) is 0.304. The van der Waals surface area contributed by atoms with Crippen LogP contribution in [0.5, 0.6) is 11.5 Å². The van der Waals surface area contributed by atoms with Gasteiger partial charge in [-0.25, -0.2) is 9.18 Å². The first-order valence-electron chi connectivity index (χ1n) is 10.6. The molecular weight excluding hydrogens is 461 g/mol. The van der Waals surface area contributed by atoms with Gasteiger partial charge >= 0.3 is 6.03 Å². The van der Waals surface area contributed by atoms with Crippen molar-refractivity contribution in [3.8, 4) is 11.5 Å². The largest absolute Gasteiger partial charge is 0.497 e. The first kappa shape index (κ1) is 23.4. The number of carbonyl (C=O) groups excluding carboxylic acids is 2. The molecule has 0 aliphatic carbocycles. The molecule has 0 radical (unpaired) electrons. The van der Waals surface area contributed by atoms with E-state index in [9.17, 15) is 14.0 Å². The molecule has 1 aromatic heterocycles. The van der Waals surface area contributed by atoms with Gasteiger partial charge in [-0.05, 0) is 49.2 Å². The normalized spacial score (nSPS) is 15.5. The van der Waals surface area contributed by atoms with Crippen molar-refractivity contribution in [1.82, 2.24) is 15.1 Å². The van der Waals surface area contributed by atoms with Gasteiger partial charge in [0.15, 0.2) is 0 Å². The summed E-state index contributed by atoms with van der Waals surface area (Å²) in [6, 6.07) is 10.4. The Kier molecular flexibility index (Phi) is 7.21. The third-order valence-corrected chi connectivity index (χ3v) is 6.53. The molecule has 9 nitrogen and oxygen atoms in total. The first-order valence-corrected chi connectivity index (χ1v) is 11.5. The lowest BCUT2D eigenvalue weighted by molar-refractivity contribution is 0.102. The molecule has 0 saturated carbocycles. The number of nitrogens with zero attached hydrogens (tertiary/aromatic N) is 3. The van der Waals surface area contributed by atoms with E-state index >= 15 is 0 Å². The maximum absolute atomic E-state index is 13.1. The van der Waals surface area contributed by atoms with Gasteiger partial charge in [-0.15, -0.1) is 10.2 Å². The number of ether oxygens (including phenoxy) is 2. The van der Waals surface area contributed by atoms with E-state index in [0.717, 1.165) is 12.8 Å². The van der Waals surface area contributed by atoms with Crippen LogP contribution in [0.4, 0.5) is 20.6 Å². The average molecular weight is 486 g/mol. The summed E-state index contributed by atoms with van der Waals surface area (Å²) < 4.78 is 23.6. The summed E-state index contributed by atoms with van der Waals surface area (Å²) in [5.41, 5.74) is 1.02. The Morgan fingerprint density at radius 1 is 1.09 bits per heavy atom. The standard InChI is InChI=1S/C23H24FN5O4S/c1-32-17-9-10-18(19(12-17)33-2)26-23(31)29-11-3-4-14(13-29)21-27-28-22(34-21)20(30)25-16-7-5-15(24)6-8-16/h5-10,12,14H,3-4,11,13H2,1-2H3,(H,25,30)(H,26,31)/t14-/m0/s1. The molecule has 1 aliphatic rings. The van der Waals surface area contributed by atoms with Crippen molar-refractivity contribution in [2.24, 2.45) is 0 Å². The fourth-order valence-electron chi connectivity index (χ4n) is 3.67. The molecular formula is C23H24FN5O4S. The van der Waals surface area contributed by atoms with E-state index < -0.39 is 5.91 Å². The molecule has 11 heteroatoms. The topological polar surface area (TPSA) is 106 Å². The van der Waals surface area contributed by atoms with Crippen LogP contribution in [0.15, 0.2) is 42.5 Å². The minimum Gasteiger partial charge on any atom is -0.497 e. The highest BCUT2D eigenvalue weighted by atomic mass is 32.1.